The number of hydrogen-bond acceptors (Lipinski definition) is 3. The van der Waals surface area contributed by atoms with Crippen LogP contribution in [0.4, 0.5) is 5.69 Å². The Morgan fingerprint density at radius 3 is 2.42 bits per heavy atom. The Morgan fingerprint density at radius 1 is 1.08 bits per heavy atom. The molecule has 0 aliphatic heterocycles. The van der Waals surface area contributed by atoms with Crippen LogP contribution in [-0.2, 0) is 9.59 Å². The molecule has 3 aromatic rings. The largest absolute Gasteiger partial charge is 0.478 e. The first kappa shape index (κ1) is 25.6. The molecular formula is C30H31ClN2O3. The number of carboxylic acid groups (broad SMARTS) is 1. The maximum Gasteiger partial charge on any atom is 0.331 e. The van der Waals surface area contributed by atoms with Crippen LogP contribution in [0.25, 0.3) is 17.2 Å². The van der Waals surface area contributed by atoms with Crippen molar-refractivity contribution in [2.75, 3.05) is 5.32 Å². The number of carboxylic acids is 1. The van der Waals surface area contributed by atoms with E-state index in [2.05, 4.69) is 10.3 Å². The molecular weight excluding hydrogens is 472 g/mol. The number of aliphatic carboxylic acids is 1. The second kappa shape index (κ2) is 11.1. The summed E-state index contributed by atoms with van der Waals surface area (Å²) >= 11 is 6.27. The van der Waals surface area contributed by atoms with Crippen LogP contribution in [0.2, 0.25) is 5.02 Å². The van der Waals surface area contributed by atoms with Gasteiger partial charge in [-0.25, -0.2) is 4.79 Å². The zero-order valence-electron chi connectivity index (χ0n) is 20.8. The standard InChI is InChI=1S/C30H31ClN2O3/c1-18(30(35)36)15-24-9-6-10-27(19(24)2)33-29(34)28(22-7-4-5-8-22)23-13-11-21(12-14-23)25-16-26(31)20(3)32-17-25/h6,9-17,22,28H,4-5,7-8H2,1-3H3,(H,33,34)(H,35,36)/b18-15+. The molecule has 1 aliphatic carbocycles. The molecule has 2 N–H and O–H groups in total. The monoisotopic (exact) mass is 502 g/mol. The Labute approximate surface area is 217 Å². The van der Waals surface area contributed by atoms with E-state index in [1.807, 2.05) is 68.6 Å². The number of benzene rings is 2. The first-order valence-corrected chi connectivity index (χ1v) is 12.7. The van der Waals surface area contributed by atoms with Crippen molar-refractivity contribution in [3.8, 4) is 11.1 Å². The van der Waals surface area contributed by atoms with Gasteiger partial charge in [-0.2, -0.15) is 0 Å². The summed E-state index contributed by atoms with van der Waals surface area (Å²) in [6.07, 6.45) is 7.76. The summed E-state index contributed by atoms with van der Waals surface area (Å²) in [7, 11) is 0. The normalized spacial score (nSPS) is 15.1. The minimum absolute atomic E-state index is 0.0334. The lowest BCUT2D eigenvalue weighted by atomic mass is 9.83. The number of hydrogen-bond donors (Lipinski definition) is 2. The van der Waals surface area contributed by atoms with Crippen LogP contribution < -0.4 is 5.32 Å². The fourth-order valence-corrected chi connectivity index (χ4v) is 5.09. The van der Waals surface area contributed by atoms with Crippen molar-refractivity contribution >= 4 is 35.2 Å². The van der Waals surface area contributed by atoms with Gasteiger partial charge in [0.25, 0.3) is 0 Å². The minimum atomic E-state index is -0.961. The molecule has 1 aromatic heterocycles. The SMILES string of the molecule is C/C(=C\c1cccc(NC(=O)C(c2ccc(-c3cnc(C)c(Cl)c3)cc2)C2CCCC2)c1C)C(=O)O. The number of carbonyl (C=O) groups is 2. The highest BCUT2D eigenvalue weighted by molar-refractivity contribution is 6.31. The first-order chi connectivity index (χ1) is 17.2. The molecule has 0 saturated heterocycles. The summed E-state index contributed by atoms with van der Waals surface area (Å²) in [5.74, 6) is -0.976. The van der Waals surface area contributed by atoms with Gasteiger partial charge >= 0.3 is 5.97 Å². The summed E-state index contributed by atoms with van der Waals surface area (Å²) in [5, 5.41) is 13.0. The zero-order valence-corrected chi connectivity index (χ0v) is 21.6. The van der Waals surface area contributed by atoms with E-state index < -0.39 is 5.97 Å². The maximum absolute atomic E-state index is 13.7. The molecule has 1 amide bonds. The average Bonchev–Trinajstić information content (AvgIpc) is 3.38. The third-order valence-electron chi connectivity index (χ3n) is 7.12. The number of nitrogens with zero attached hydrogens (tertiary/aromatic N) is 1. The van der Waals surface area contributed by atoms with Crippen molar-refractivity contribution in [3.05, 3.63) is 87.7 Å². The zero-order chi connectivity index (χ0) is 25.8. The Morgan fingerprint density at radius 2 is 1.78 bits per heavy atom. The molecule has 0 spiro atoms. The lowest BCUT2D eigenvalue weighted by Gasteiger charge is -2.24. The number of pyridine rings is 1. The number of aryl methyl sites for hydroxylation is 1. The van der Waals surface area contributed by atoms with Gasteiger partial charge in [0.05, 0.1) is 16.6 Å². The molecule has 1 aliphatic rings. The number of halogens is 1. The molecule has 0 bridgehead atoms. The second-order valence-corrected chi connectivity index (χ2v) is 9.98. The number of anilines is 1. The number of aromatic nitrogens is 1. The number of amides is 1. The maximum atomic E-state index is 13.7. The fourth-order valence-electron chi connectivity index (χ4n) is 4.93. The van der Waals surface area contributed by atoms with E-state index >= 15 is 0 Å². The van der Waals surface area contributed by atoms with E-state index in [0.717, 1.165) is 59.2 Å². The molecule has 36 heavy (non-hydrogen) atoms. The third kappa shape index (κ3) is 5.68. The topological polar surface area (TPSA) is 79.3 Å². The quantitative estimate of drug-likeness (QED) is 0.329. The van der Waals surface area contributed by atoms with E-state index in [0.29, 0.717) is 10.7 Å². The van der Waals surface area contributed by atoms with Gasteiger partial charge in [0.15, 0.2) is 0 Å². The van der Waals surface area contributed by atoms with Gasteiger partial charge in [0.2, 0.25) is 5.91 Å². The number of nitrogens with one attached hydrogen (secondary N) is 1. The van der Waals surface area contributed by atoms with E-state index in [4.69, 9.17) is 11.6 Å². The number of carbonyl (C=O) groups excluding carboxylic acids is 1. The highest BCUT2D eigenvalue weighted by atomic mass is 35.5. The predicted octanol–water partition coefficient (Wildman–Crippen LogP) is 7.42. The summed E-state index contributed by atoms with van der Waals surface area (Å²) in [6, 6.07) is 15.6. The van der Waals surface area contributed by atoms with Crippen LogP contribution in [-0.4, -0.2) is 22.0 Å². The summed E-state index contributed by atoms with van der Waals surface area (Å²) < 4.78 is 0. The van der Waals surface area contributed by atoms with E-state index in [-0.39, 0.29) is 23.3 Å². The first-order valence-electron chi connectivity index (χ1n) is 12.3. The second-order valence-electron chi connectivity index (χ2n) is 9.58. The van der Waals surface area contributed by atoms with Gasteiger partial charge in [-0.1, -0.05) is 60.8 Å². The lowest BCUT2D eigenvalue weighted by molar-refractivity contribution is -0.132. The van der Waals surface area contributed by atoms with Crippen molar-refractivity contribution in [3.63, 3.8) is 0 Å². The average molecular weight is 503 g/mol. The van der Waals surface area contributed by atoms with E-state index in [1.54, 1.807) is 13.0 Å². The molecule has 0 radical (unpaired) electrons. The smallest absolute Gasteiger partial charge is 0.331 e. The molecule has 186 valence electrons. The van der Waals surface area contributed by atoms with Crippen LogP contribution in [0.15, 0.2) is 60.3 Å². The molecule has 1 unspecified atom stereocenters. The fraction of sp³-hybridized carbons (Fsp3) is 0.300. The summed E-state index contributed by atoms with van der Waals surface area (Å²) in [4.78, 5) is 29.3. The van der Waals surface area contributed by atoms with Crippen molar-refractivity contribution in [2.24, 2.45) is 5.92 Å². The Bertz CT molecular complexity index is 1310. The van der Waals surface area contributed by atoms with Gasteiger partial charge in [0.1, 0.15) is 0 Å². The third-order valence-corrected chi connectivity index (χ3v) is 7.51. The van der Waals surface area contributed by atoms with E-state index in [9.17, 15) is 14.7 Å². The highest BCUT2D eigenvalue weighted by Gasteiger charge is 2.32. The van der Waals surface area contributed by atoms with Crippen molar-refractivity contribution in [1.29, 1.82) is 0 Å². The van der Waals surface area contributed by atoms with Crippen LogP contribution in [0.1, 0.15) is 60.9 Å². The van der Waals surface area contributed by atoms with Gasteiger partial charge in [-0.3, -0.25) is 9.78 Å². The highest BCUT2D eigenvalue weighted by Crippen LogP contribution is 2.39. The van der Waals surface area contributed by atoms with Crippen LogP contribution in [0.3, 0.4) is 0 Å². The number of rotatable bonds is 7. The Balaban J connectivity index is 1.61. The molecule has 2 aromatic carbocycles. The molecule has 1 fully saturated rings. The van der Waals surface area contributed by atoms with Crippen LogP contribution in [0.5, 0.6) is 0 Å². The molecule has 6 heteroatoms. The van der Waals surface area contributed by atoms with E-state index in [1.165, 1.54) is 0 Å². The predicted molar refractivity (Wildman–Crippen MR) is 145 cm³/mol. The molecule has 5 nitrogen and oxygen atoms in total. The van der Waals surface area contributed by atoms with Crippen molar-refractivity contribution < 1.29 is 14.7 Å². The van der Waals surface area contributed by atoms with Crippen LogP contribution in [0, 0.1) is 19.8 Å². The van der Waals surface area contributed by atoms with Gasteiger partial charge in [0, 0.05) is 23.0 Å². The Hall–Kier alpha value is -3.44. The minimum Gasteiger partial charge on any atom is -0.478 e. The lowest BCUT2D eigenvalue weighted by Crippen LogP contribution is -2.27. The molecule has 4 rings (SSSR count). The van der Waals surface area contributed by atoms with Crippen molar-refractivity contribution in [2.45, 2.75) is 52.4 Å². The molecule has 1 atom stereocenters. The summed E-state index contributed by atoms with van der Waals surface area (Å²) in [6.45, 7) is 5.34. The van der Waals surface area contributed by atoms with Gasteiger partial charge < -0.3 is 10.4 Å². The van der Waals surface area contributed by atoms with Gasteiger partial charge in [-0.05, 0) is 80.0 Å². The Kier molecular flexibility index (Phi) is 7.90. The van der Waals surface area contributed by atoms with Crippen LogP contribution >= 0.6 is 11.6 Å². The van der Waals surface area contributed by atoms with Crippen molar-refractivity contribution in [1.82, 2.24) is 4.98 Å². The van der Waals surface area contributed by atoms with Gasteiger partial charge in [-0.15, -0.1) is 0 Å². The summed E-state index contributed by atoms with van der Waals surface area (Å²) in [5.41, 5.74) is 6.30. The molecule has 1 heterocycles. The molecule has 1 saturated carbocycles.